The zero-order chi connectivity index (χ0) is 12.8. The van der Waals surface area contributed by atoms with Gasteiger partial charge in [0.25, 0.3) is 0 Å². The van der Waals surface area contributed by atoms with Gasteiger partial charge in [-0.05, 0) is 25.1 Å². The smallest absolute Gasteiger partial charge is 0.244 e. The van der Waals surface area contributed by atoms with Gasteiger partial charge in [0.1, 0.15) is 10.7 Å². The third kappa shape index (κ3) is 2.30. The molecule has 1 aromatic carbocycles. The number of hydrogen-bond donors (Lipinski definition) is 1. The van der Waals surface area contributed by atoms with Gasteiger partial charge in [-0.2, -0.15) is 4.31 Å². The lowest BCUT2D eigenvalue weighted by Crippen LogP contribution is -2.61. The van der Waals surface area contributed by atoms with Crippen LogP contribution < -0.4 is 0 Å². The molecule has 1 heterocycles. The first-order chi connectivity index (χ1) is 7.72. The Kier molecular flexibility index (Phi) is 2.94. The maximum atomic E-state index is 12.8. The van der Waals surface area contributed by atoms with Crippen LogP contribution in [0.25, 0.3) is 0 Å². The average molecular weight is 280 g/mol. The summed E-state index contributed by atoms with van der Waals surface area (Å²) in [6.07, 6.45) is 0. The van der Waals surface area contributed by atoms with Crippen molar-refractivity contribution in [3.63, 3.8) is 0 Å². The molecule has 0 unspecified atom stereocenters. The second kappa shape index (κ2) is 3.91. The van der Waals surface area contributed by atoms with Gasteiger partial charge in [0.15, 0.2) is 0 Å². The van der Waals surface area contributed by atoms with Crippen LogP contribution in [0.3, 0.4) is 0 Å². The summed E-state index contributed by atoms with van der Waals surface area (Å²) >= 11 is 5.70. The Labute approximate surface area is 104 Å². The summed E-state index contributed by atoms with van der Waals surface area (Å²) in [4.78, 5) is -0.143. The quantitative estimate of drug-likeness (QED) is 0.886. The Bertz CT molecular complexity index is 551. The van der Waals surface area contributed by atoms with E-state index in [1.807, 2.05) is 0 Å². The van der Waals surface area contributed by atoms with Gasteiger partial charge < -0.3 is 5.11 Å². The number of nitrogens with zero attached hydrogens (tertiary/aromatic N) is 1. The number of benzene rings is 1. The molecule has 1 N–H and O–H groups in total. The number of hydrogen-bond acceptors (Lipinski definition) is 3. The SMILES string of the molecule is CC1(O)CN(S(=O)(=O)c2ccc(F)cc2Cl)C1. The number of halogens is 2. The second-order valence-corrected chi connectivity index (χ2v) is 6.66. The third-order valence-electron chi connectivity index (χ3n) is 2.55. The van der Waals surface area contributed by atoms with Crippen LogP contribution in [0.4, 0.5) is 4.39 Å². The first kappa shape index (κ1) is 12.8. The van der Waals surface area contributed by atoms with E-state index in [4.69, 9.17) is 11.6 Å². The van der Waals surface area contributed by atoms with Crippen molar-refractivity contribution < 1.29 is 17.9 Å². The Morgan fingerprint density at radius 1 is 1.47 bits per heavy atom. The second-order valence-electron chi connectivity index (χ2n) is 4.34. The lowest BCUT2D eigenvalue weighted by Gasteiger charge is -2.42. The summed E-state index contributed by atoms with van der Waals surface area (Å²) in [5.74, 6) is -0.593. The Morgan fingerprint density at radius 2 is 2.06 bits per heavy atom. The van der Waals surface area contributed by atoms with Gasteiger partial charge in [-0.1, -0.05) is 11.6 Å². The van der Waals surface area contributed by atoms with Crippen LogP contribution in [0, 0.1) is 5.82 Å². The van der Waals surface area contributed by atoms with Crippen molar-refractivity contribution in [3.8, 4) is 0 Å². The van der Waals surface area contributed by atoms with Crippen molar-refractivity contribution in [1.29, 1.82) is 0 Å². The predicted octanol–water partition coefficient (Wildman–Crippen LogP) is 1.23. The molecule has 0 bridgehead atoms. The van der Waals surface area contributed by atoms with E-state index in [1.165, 1.54) is 0 Å². The minimum Gasteiger partial charge on any atom is -0.387 e. The first-order valence-electron chi connectivity index (χ1n) is 4.90. The summed E-state index contributed by atoms with van der Waals surface area (Å²) in [6.45, 7) is 1.58. The molecule has 17 heavy (non-hydrogen) atoms. The third-order valence-corrected chi connectivity index (χ3v) is 4.82. The van der Waals surface area contributed by atoms with Gasteiger partial charge in [-0.15, -0.1) is 0 Å². The molecule has 1 aliphatic heterocycles. The molecule has 0 atom stereocenters. The molecule has 0 radical (unpaired) electrons. The highest BCUT2D eigenvalue weighted by Crippen LogP contribution is 2.31. The van der Waals surface area contributed by atoms with Gasteiger partial charge in [0.2, 0.25) is 10.0 Å². The minimum atomic E-state index is -3.75. The van der Waals surface area contributed by atoms with Crippen molar-refractivity contribution in [2.24, 2.45) is 0 Å². The number of β-amino-alcohol motifs (C(OH)–C–C–N with tert-alkyl or cyclic N) is 1. The fraction of sp³-hybridized carbons (Fsp3) is 0.400. The highest BCUT2D eigenvalue weighted by molar-refractivity contribution is 7.89. The van der Waals surface area contributed by atoms with Crippen molar-refractivity contribution in [2.45, 2.75) is 17.4 Å². The van der Waals surface area contributed by atoms with Gasteiger partial charge in [0.05, 0.1) is 10.6 Å². The minimum absolute atomic E-state index is 0.0169. The van der Waals surface area contributed by atoms with E-state index < -0.39 is 21.4 Å². The Hall–Kier alpha value is -0.690. The highest BCUT2D eigenvalue weighted by Gasteiger charge is 2.44. The molecule has 7 heteroatoms. The number of rotatable bonds is 2. The van der Waals surface area contributed by atoms with E-state index in [0.29, 0.717) is 0 Å². The largest absolute Gasteiger partial charge is 0.387 e. The van der Waals surface area contributed by atoms with Gasteiger partial charge in [-0.25, -0.2) is 12.8 Å². The summed E-state index contributed by atoms with van der Waals surface area (Å²) < 4.78 is 38.0. The number of sulfonamides is 1. The summed E-state index contributed by atoms with van der Waals surface area (Å²) in [6, 6.07) is 3.11. The molecule has 1 aliphatic rings. The molecule has 0 aromatic heterocycles. The fourth-order valence-corrected chi connectivity index (χ4v) is 3.89. The number of aliphatic hydroxyl groups is 1. The van der Waals surface area contributed by atoms with Crippen molar-refractivity contribution in [2.75, 3.05) is 13.1 Å². The molecule has 0 aliphatic carbocycles. The van der Waals surface area contributed by atoms with Crippen LogP contribution in [0.1, 0.15) is 6.92 Å². The molecular weight excluding hydrogens is 269 g/mol. The summed E-state index contributed by atoms with van der Waals surface area (Å²) in [5, 5.41) is 9.35. The normalized spacial score (nSPS) is 20.0. The van der Waals surface area contributed by atoms with E-state index in [1.54, 1.807) is 6.92 Å². The molecule has 0 amide bonds. The summed E-state index contributed by atoms with van der Waals surface area (Å²) in [7, 11) is -3.75. The van der Waals surface area contributed by atoms with E-state index in [-0.39, 0.29) is 23.0 Å². The highest BCUT2D eigenvalue weighted by atomic mass is 35.5. The van der Waals surface area contributed by atoms with Crippen LogP contribution >= 0.6 is 11.6 Å². The molecular formula is C10H11ClFNO3S. The van der Waals surface area contributed by atoms with Gasteiger partial charge in [-0.3, -0.25) is 0 Å². The van der Waals surface area contributed by atoms with Crippen molar-refractivity contribution in [1.82, 2.24) is 4.31 Å². The predicted molar refractivity (Wildman–Crippen MR) is 60.8 cm³/mol. The Balaban J connectivity index is 2.34. The standard InChI is InChI=1S/C10H11ClFNO3S/c1-10(14)5-13(6-10)17(15,16)9-3-2-7(12)4-8(9)11/h2-4,14H,5-6H2,1H3. The molecule has 0 spiro atoms. The van der Waals surface area contributed by atoms with Crippen molar-refractivity contribution >= 4 is 21.6 Å². The van der Waals surface area contributed by atoms with Gasteiger partial charge in [0, 0.05) is 13.1 Å². The fourth-order valence-electron chi connectivity index (χ4n) is 1.71. The van der Waals surface area contributed by atoms with Gasteiger partial charge >= 0.3 is 0 Å². The average Bonchev–Trinajstić information content (AvgIpc) is 2.13. The molecule has 4 nitrogen and oxygen atoms in total. The van der Waals surface area contributed by atoms with Crippen LogP contribution in [-0.2, 0) is 10.0 Å². The maximum Gasteiger partial charge on any atom is 0.244 e. The Morgan fingerprint density at radius 3 is 2.53 bits per heavy atom. The van der Waals surface area contributed by atoms with E-state index >= 15 is 0 Å². The maximum absolute atomic E-state index is 12.8. The van der Waals surface area contributed by atoms with Crippen LogP contribution in [-0.4, -0.2) is 36.5 Å². The summed E-state index contributed by atoms with van der Waals surface area (Å²) in [5.41, 5.74) is -1.00. The van der Waals surface area contributed by atoms with Crippen LogP contribution in [0.2, 0.25) is 5.02 Å². The molecule has 1 saturated heterocycles. The topological polar surface area (TPSA) is 57.6 Å². The molecule has 0 saturated carbocycles. The van der Waals surface area contributed by atoms with Crippen LogP contribution in [0.15, 0.2) is 23.1 Å². The van der Waals surface area contributed by atoms with E-state index in [0.717, 1.165) is 22.5 Å². The van der Waals surface area contributed by atoms with E-state index in [2.05, 4.69) is 0 Å². The molecule has 2 rings (SSSR count). The van der Waals surface area contributed by atoms with Crippen molar-refractivity contribution in [3.05, 3.63) is 29.0 Å². The zero-order valence-corrected chi connectivity index (χ0v) is 10.6. The van der Waals surface area contributed by atoms with E-state index in [9.17, 15) is 17.9 Å². The molecule has 1 fully saturated rings. The first-order valence-corrected chi connectivity index (χ1v) is 6.72. The molecule has 1 aromatic rings. The molecule has 94 valence electrons. The van der Waals surface area contributed by atoms with Crippen LogP contribution in [0.5, 0.6) is 0 Å². The zero-order valence-electron chi connectivity index (χ0n) is 9.02. The lowest BCUT2D eigenvalue weighted by atomic mass is 10.0. The lowest BCUT2D eigenvalue weighted by molar-refractivity contribution is -0.0426. The monoisotopic (exact) mass is 279 g/mol.